The van der Waals surface area contributed by atoms with Crippen molar-refractivity contribution in [1.29, 1.82) is 0 Å². The van der Waals surface area contributed by atoms with Gasteiger partial charge in [0.15, 0.2) is 0 Å². The minimum atomic E-state index is -4.45. The molecular weight excluding hydrogens is 483 g/mol. The van der Waals surface area contributed by atoms with Crippen LogP contribution in [0.3, 0.4) is 0 Å². The molecule has 0 fully saturated rings. The van der Waals surface area contributed by atoms with Crippen LogP contribution >= 0.6 is 15.5 Å². The van der Waals surface area contributed by atoms with E-state index < -0.39 is 15.5 Å². The van der Waals surface area contributed by atoms with Crippen molar-refractivity contribution in [3.05, 3.63) is 126 Å². The van der Waals surface area contributed by atoms with Gasteiger partial charge < -0.3 is 23.0 Å². The van der Waals surface area contributed by atoms with E-state index in [1.54, 1.807) is 121 Å². The van der Waals surface area contributed by atoms with Crippen molar-refractivity contribution in [2.45, 2.75) is 0 Å². The first kappa shape index (κ1) is 26.1. The summed E-state index contributed by atoms with van der Waals surface area (Å²) in [6.07, 6.45) is 0. The van der Waals surface area contributed by atoms with Crippen LogP contribution in [-0.4, -0.2) is 0 Å². The van der Waals surface area contributed by atoms with Gasteiger partial charge in [0.2, 0.25) is 0 Å². The monoisotopic (exact) mass is 503 g/mol. The van der Waals surface area contributed by atoms with Crippen LogP contribution in [0.25, 0.3) is 4.86 Å². The van der Waals surface area contributed by atoms with Gasteiger partial charge in [-0.05, 0) is 48.5 Å². The first-order chi connectivity index (χ1) is 16.0. The van der Waals surface area contributed by atoms with Crippen LogP contribution < -0.4 is 47.7 Å². The van der Waals surface area contributed by atoms with Crippen LogP contribution in [0.2, 0.25) is 0 Å². The van der Waals surface area contributed by atoms with Crippen molar-refractivity contribution >= 4 is 15.5 Å². The molecule has 34 heavy (non-hydrogen) atoms. The van der Waals surface area contributed by atoms with Gasteiger partial charge in [0.1, 0.15) is 23.0 Å². The zero-order valence-corrected chi connectivity index (χ0v) is 22.1. The summed E-state index contributed by atoms with van der Waals surface area (Å²) in [4.78, 5) is 3.94. The molecule has 168 valence electrons. The normalized spacial score (nSPS) is 11.1. The summed E-state index contributed by atoms with van der Waals surface area (Å²) in [7, 11) is -8.89. The fraction of sp³-hybridized carbons (Fsp3) is 0. The third-order valence-electron chi connectivity index (χ3n) is 4.07. The molecule has 10 heteroatoms. The Kier molecular flexibility index (Phi) is 9.43. The van der Waals surface area contributed by atoms with Crippen molar-refractivity contribution in [2.24, 2.45) is 0 Å². The number of hydrogen-bond donors (Lipinski definition) is 0. The summed E-state index contributed by atoms with van der Waals surface area (Å²) in [6.45, 7) is 0. The van der Waals surface area contributed by atoms with Gasteiger partial charge in [0, 0.05) is 0 Å². The van der Waals surface area contributed by atoms with Crippen LogP contribution in [0.15, 0.2) is 121 Å². The number of nitrogens with zero attached hydrogens (tertiary/aromatic N) is 1. The van der Waals surface area contributed by atoms with E-state index in [9.17, 15) is 9.13 Å². The average Bonchev–Trinajstić information content (AvgIpc) is 2.81. The Morgan fingerprint density at radius 3 is 0.824 bits per heavy atom. The molecule has 0 aliphatic heterocycles. The molecule has 0 atom stereocenters. The van der Waals surface area contributed by atoms with E-state index in [0.29, 0.717) is 0 Å². The zero-order valence-electron chi connectivity index (χ0n) is 18.3. The molecule has 0 aromatic heterocycles. The molecule has 7 nitrogen and oxygen atoms in total. The Bertz CT molecular complexity index is 1060. The zero-order chi connectivity index (χ0) is 23.0. The molecule has 0 aliphatic carbocycles. The Labute approximate surface area is 220 Å². The van der Waals surface area contributed by atoms with E-state index >= 15 is 0 Å². The third kappa shape index (κ3) is 7.78. The standard InChI is InChI=1S/C24H20NO6P2.Na/c26-32(28-21-13-5-1-6-14-21,29-22-15-7-2-8-16-22)25-33(27,30-23-17-9-3-10-18-23)31-24-19-11-4-12-20-24;/h1-20H;/q-1;+1. The summed E-state index contributed by atoms with van der Waals surface area (Å²) in [5.41, 5.74) is 0. The van der Waals surface area contributed by atoms with E-state index in [-0.39, 0.29) is 52.6 Å². The second-order valence-electron chi connectivity index (χ2n) is 6.64. The molecule has 0 N–H and O–H groups in total. The number of hydrogen-bond acceptors (Lipinski definition) is 6. The summed E-state index contributed by atoms with van der Waals surface area (Å²) >= 11 is 0. The molecule has 0 saturated carbocycles. The van der Waals surface area contributed by atoms with E-state index in [1.165, 1.54) is 0 Å². The van der Waals surface area contributed by atoms with E-state index in [1.807, 2.05) is 0 Å². The van der Waals surface area contributed by atoms with Crippen molar-refractivity contribution in [3.63, 3.8) is 0 Å². The molecule has 4 aromatic rings. The van der Waals surface area contributed by atoms with Crippen LogP contribution in [-0.2, 0) is 9.13 Å². The van der Waals surface area contributed by atoms with Crippen LogP contribution in [0.1, 0.15) is 0 Å². The summed E-state index contributed by atoms with van der Waals surface area (Å²) in [5, 5.41) is 0. The molecule has 0 amide bonds. The second kappa shape index (κ2) is 12.3. The fourth-order valence-corrected chi connectivity index (χ4v) is 5.99. The Morgan fingerprint density at radius 1 is 0.412 bits per heavy atom. The van der Waals surface area contributed by atoms with Crippen molar-refractivity contribution in [1.82, 2.24) is 0 Å². The first-order valence-corrected chi connectivity index (χ1v) is 12.9. The SMILES string of the molecule is O=P([N-]P(=O)(Oc1ccccc1)Oc1ccccc1)(Oc1ccccc1)Oc1ccccc1.[Na+]. The van der Waals surface area contributed by atoms with Gasteiger partial charge in [-0.15, -0.1) is 0 Å². The van der Waals surface area contributed by atoms with Gasteiger partial charge in [-0.25, -0.2) is 0 Å². The Hall–Kier alpha value is -2.50. The number of rotatable bonds is 10. The maximum atomic E-state index is 13.8. The van der Waals surface area contributed by atoms with Gasteiger partial charge in [0.25, 0.3) is 0 Å². The Morgan fingerprint density at radius 2 is 0.618 bits per heavy atom. The van der Waals surface area contributed by atoms with Crippen molar-refractivity contribution in [2.75, 3.05) is 0 Å². The largest absolute Gasteiger partial charge is 1.00 e. The molecule has 0 aliphatic rings. The molecule has 0 bridgehead atoms. The molecule has 0 saturated heterocycles. The smallest absolute Gasteiger partial charge is 0.429 e. The van der Waals surface area contributed by atoms with Crippen LogP contribution in [0, 0.1) is 0 Å². The van der Waals surface area contributed by atoms with Crippen LogP contribution in [0.5, 0.6) is 23.0 Å². The first-order valence-electron chi connectivity index (χ1n) is 9.95. The Balaban J connectivity index is 0.00000324. The topological polar surface area (TPSA) is 85.2 Å². The predicted octanol–water partition coefficient (Wildman–Crippen LogP) is 4.90. The van der Waals surface area contributed by atoms with Crippen molar-refractivity contribution in [3.8, 4) is 23.0 Å². The van der Waals surface area contributed by atoms with E-state index in [2.05, 4.69) is 4.86 Å². The van der Waals surface area contributed by atoms with Gasteiger partial charge in [-0.2, -0.15) is 0 Å². The van der Waals surface area contributed by atoms with Gasteiger partial charge >= 0.3 is 45.1 Å². The molecule has 4 aromatic carbocycles. The second-order valence-corrected chi connectivity index (χ2v) is 9.96. The molecule has 0 unspecified atom stereocenters. The minimum absolute atomic E-state index is 0. The summed E-state index contributed by atoms with van der Waals surface area (Å²) in [5.74, 6) is 0.857. The van der Waals surface area contributed by atoms with Gasteiger partial charge in [-0.1, -0.05) is 72.8 Å². The fourth-order valence-electron chi connectivity index (χ4n) is 2.70. The van der Waals surface area contributed by atoms with Crippen molar-refractivity contribution < 1.29 is 56.8 Å². The van der Waals surface area contributed by atoms with E-state index in [0.717, 1.165) is 0 Å². The maximum absolute atomic E-state index is 13.8. The number of para-hydroxylation sites is 4. The molecule has 0 radical (unpaired) electrons. The molecular formula is C24H20NNaO6P2. The van der Waals surface area contributed by atoms with Crippen LogP contribution in [0.4, 0.5) is 0 Å². The summed E-state index contributed by atoms with van der Waals surface area (Å²) in [6, 6.07) is 33.3. The summed E-state index contributed by atoms with van der Waals surface area (Å²) < 4.78 is 50.1. The quantitative estimate of drug-likeness (QED) is 0.226. The third-order valence-corrected chi connectivity index (χ3v) is 7.59. The molecule has 0 heterocycles. The van der Waals surface area contributed by atoms with E-state index in [4.69, 9.17) is 18.1 Å². The molecule has 0 spiro atoms. The maximum Gasteiger partial charge on any atom is 1.00 e. The van der Waals surface area contributed by atoms with Gasteiger partial charge in [-0.3, -0.25) is 9.13 Å². The minimum Gasteiger partial charge on any atom is -0.429 e. The average molecular weight is 503 g/mol. The number of benzene rings is 4. The predicted molar refractivity (Wildman–Crippen MR) is 127 cm³/mol. The van der Waals surface area contributed by atoms with Gasteiger partial charge in [0.05, 0.1) is 0 Å². The molecule has 4 rings (SSSR count).